The van der Waals surface area contributed by atoms with Crippen LogP contribution in [0.1, 0.15) is 10.4 Å². The molecule has 1 aromatic heterocycles. The molecule has 0 aliphatic carbocycles. The number of benzene rings is 1. The number of oxazole rings is 1. The van der Waals surface area contributed by atoms with Gasteiger partial charge in [-0.2, -0.15) is 0 Å². The van der Waals surface area contributed by atoms with Gasteiger partial charge in [-0.15, -0.1) is 0 Å². The molecule has 0 aliphatic heterocycles. The summed E-state index contributed by atoms with van der Waals surface area (Å²) in [4.78, 5) is 14.2. The Bertz CT molecular complexity index is 389. The van der Waals surface area contributed by atoms with Crippen LogP contribution in [-0.4, -0.2) is 11.3 Å². The van der Waals surface area contributed by atoms with Gasteiger partial charge in [0, 0.05) is 11.1 Å². The van der Waals surface area contributed by atoms with Gasteiger partial charge in [0.15, 0.2) is 12.2 Å². The molecular formula is C10H7NO2. The van der Waals surface area contributed by atoms with Crippen LogP contribution in [0.2, 0.25) is 0 Å². The zero-order chi connectivity index (χ0) is 9.10. The Balaban J connectivity index is 2.38. The lowest BCUT2D eigenvalue weighted by Gasteiger charge is -1.94. The highest BCUT2D eigenvalue weighted by Crippen LogP contribution is 2.18. The minimum atomic E-state index is 0.656. The second-order valence-corrected chi connectivity index (χ2v) is 2.61. The van der Waals surface area contributed by atoms with Crippen molar-refractivity contribution in [1.82, 2.24) is 4.98 Å². The van der Waals surface area contributed by atoms with Crippen molar-refractivity contribution in [3.05, 3.63) is 42.4 Å². The molecule has 0 radical (unpaired) electrons. The molecule has 2 aromatic rings. The fourth-order valence-electron chi connectivity index (χ4n) is 1.08. The fraction of sp³-hybridized carbons (Fsp3) is 0. The van der Waals surface area contributed by atoms with E-state index in [1.54, 1.807) is 18.3 Å². The minimum Gasteiger partial charge on any atom is -0.444 e. The number of nitrogens with zero attached hydrogens (tertiary/aromatic N) is 1. The molecule has 0 saturated heterocycles. The van der Waals surface area contributed by atoms with Crippen molar-refractivity contribution >= 4 is 6.29 Å². The highest BCUT2D eigenvalue weighted by Gasteiger charge is 1.99. The molecule has 0 spiro atoms. The van der Waals surface area contributed by atoms with Gasteiger partial charge in [-0.05, 0) is 0 Å². The Morgan fingerprint density at radius 2 is 2.00 bits per heavy atom. The first-order chi connectivity index (χ1) is 6.40. The van der Waals surface area contributed by atoms with Gasteiger partial charge >= 0.3 is 0 Å². The number of aromatic nitrogens is 1. The molecule has 1 aromatic carbocycles. The summed E-state index contributed by atoms with van der Waals surface area (Å²) in [5.74, 6) is 0.706. The van der Waals surface area contributed by atoms with E-state index in [4.69, 9.17) is 4.42 Å². The molecule has 3 nitrogen and oxygen atoms in total. The van der Waals surface area contributed by atoms with Crippen molar-refractivity contribution in [3.63, 3.8) is 0 Å². The zero-order valence-corrected chi connectivity index (χ0v) is 6.81. The van der Waals surface area contributed by atoms with Crippen molar-refractivity contribution < 1.29 is 9.21 Å². The minimum absolute atomic E-state index is 0.656. The average molecular weight is 173 g/mol. The third kappa shape index (κ3) is 1.49. The lowest BCUT2D eigenvalue weighted by atomic mass is 10.1. The van der Waals surface area contributed by atoms with Crippen LogP contribution in [0, 0.1) is 0 Å². The van der Waals surface area contributed by atoms with E-state index in [2.05, 4.69) is 4.98 Å². The Morgan fingerprint density at radius 3 is 2.54 bits per heavy atom. The summed E-state index contributed by atoms with van der Waals surface area (Å²) in [5, 5.41) is 0. The van der Waals surface area contributed by atoms with E-state index in [0.29, 0.717) is 11.3 Å². The molecule has 3 heteroatoms. The van der Waals surface area contributed by atoms with Gasteiger partial charge in [0.25, 0.3) is 0 Å². The molecule has 13 heavy (non-hydrogen) atoms. The van der Waals surface area contributed by atoms with Crippen LogP contribution < -0.4 is 0 Å². The summed E-state index contributed by atoms with van der Waals surface area (Å²) in [7, 11) is 0. The second kappa shape index (κ2) is 3.23. The Morgan fingerprint density at radius 1 is 1.23 bits per heavy atom. The lowest BCUT2D eigenvalue weighted by Crippen LogP contribution is -1.78. The number of aldehydes is 1. The fourth-order valence-corrected chi connectivity index (χ4v) is 1.08. The van der Waals surface area contributed by atoms with Crippen LogP contribution in [0.15, 0.2) is 41.3 Å². The molecule has 1 heterocycles. The number of hydrogen-bond donors (Lipinski definition) is 0. The van der Waals surface area contributed by atoms with Gasteiger partial charge in [-0.3, -0.25) is 4.79 Å². The predicted molar refractivity (Wildman–Crippen MR) is 47.3 cm³/mol. The molecule has 2 rings (SSSR count). The van der Waals surface area contributed by atoms with Crippen LogP contribution >= 0.6 is 0 Å². The molecule has 0 saturated carbocycles. The van der Waals surface area contributed by atoms with Crippen molar-refractivity contribution in [3.8, 4) is 11.3 Å². The molecule has 0 amide bonds. The van der Waals surface area contributed by atoms with Crippen LogP contribution in [0.5, 0.6) is 0 Å². The summed E-state index contributed by atoms with van der Waals surface area (Å²) >= 11 is 0. The third-order valence-corrected chi connectivity index (χ3v) is 1.76. The molecule has 0 fully saturated rings. The lowest BCUT2D eigenvalue weighted by molar-refractivity contribution is 0.112. The summed E-state index contributed by atoms with van der Waals surface area (Å²) < 4.78 is 5.09. The highest BCUT2D eigenvalue weighted by atomic mass is 16.3. The van der Waals surface area contributed by atoms with Gasteiger partial charge in [0.1, 0.15) is 6.29 Å². The topological polar surface area (TPSA) is 43.1 Å². The van der Waals surface area contributed by atoms with E-state index >= 15 is 0 Å². The quantitative estimate of drug-likeness (QED) is 0.653. The van der Waals surface area contributed by atoms with Gasteiger partial charge in [0.05, 0.1) is 6.20 Å². The van der Waals surface area contributed by atoms with Gasteiger partial charge < -0.3 is 4.42 Å². The summed E-state index contributed by atoms with van der Waals surface area (Å²) in [6, 6.07) is 7.13. The van der Waals surface area contributed by atoms with E-state index in [1.807, 2.05) is 12.1 Å². The molecule has 0 atom stereocenters. The standard InChI is InChI=1S/C10H7NO2/c12-6-8-1-3-9(4-2-8)10-5-11-7-13-10/h1-7H. The zero-order valence-electron chi connectivity index (χ0n) is 6.81. The van der Waals surface area contributed by atoms with Gasteiger partial charge in [-0.1, -0.05) is 24.3 Å². The first-order valence-corrected chi connectivity index (χ1v) is 3.84. The smallest absolute Gasteiger partial charge is 0.181 e. The summed E-state index contributed by atoms with van der Waals surface area (Å²) in [5.41, 5.74) is 1.58. The van der Waals surface area contributed by atoms with Crippen molar-refractivity contribution in [2.24, 2.45) is 0 Å². The Kier molecular flexibility index (Phi) is 1.92. The van der Waals surface area contributed by atoms with E-state index in [1.165, 1.54) is 6.39 Å². The molecule has 0 unspecified atom stereocenters. The van der Waals surface area contributed by atoms with Gasteiger partial charge in [0.2, 0.25) is 0 Å². The molecule has 64 valence electrons. The largest absolute Gasteiger partial charge is 0.444 e. The van der Waals surface area contributed by atoms with Gasteiger partial charge in [-0.25, -0.2) is 4.98 Å². The van der Waals surface area contributed by atoms with Crippen molar-refractivity contribution in [2.45, 2.75) is 0 Å². The molecule has 0 N–H and O–H groups in total. The predicted octanol–water partition coefficient (Wildman–Crippen LogP) is 2.15. The normalized spacial score (nSPS) is 9.85. The SMILES string of the molecule is O=Cc1ccc(-c2cnco2)cc1. The third-order valence-electron chi connectivity index (χ3n) is 1.76. The first kappa shape index (κ1) is 7.73. The van der Waals surface area contributed by atoms with Crippen LogP contribution in [0.25, 0.3) is 11.3 Å². The number of carbonyl (C=O) groups is 1. The number of carbonyl (C=O) groups excluding carboxylic acids is 1. The van der Waals surface area contributed by atoms with E-state index < -0.39 is 0 Å². The molecule has 0 aliphatic rings. The van der Waals surface area contributed by atoms with Crippen LogP contribution in [0.3, 0.4) is 0 Å². The monoisotopic (exact) mass is 173 g/mol. The first-order valence-electron chi connectivity index (χ1n) is 3.84. The number of rotatable bonds is 2. The van der Waals surface area contributed by atoms with Crippen LogP contribution in [0.4, 0.5) is 0 Å². The van der Waals surface area contributed by atoms with E-state index in [-0.39, 0.29) is 0 Å². The molecule has 0 bridgehead atoms. The van der Waals surface area contributed by atoms with Crippen LogP contribution in [-0.2, 0) is 0 Å². The number of hydrogen-bond acceptors (Lipinski definition) is 3. The van der Waals surface area contributed by atoms with E-state index in [0.717, 1.165) is 11.8 Å². The Hall–Kier alpha value is -1.90. The second-order valence-electron chi connectivity index (χ2n) is 2.61. The van der Waals surface area contributed by atoms with Crippen molar-refractivity contribution in [2.75, 3.05) is 0 Å². The average Bonchev–Trinajstić information content (AvgIpc) is 2.71. The maximum Gasteiger partial charge on any atom is 0.181 e. The van der Waals surface area contributed by atoms with E-state index in [9.17, 15) is 4.79 Å². The molecular weight excluding hydrogens is 166 g/mol. The van der Waals surface area contributed by atoms with Crippen molar-refractivity contribution in [1.29, 1.82) is 0 Å². The summed E-state index contributed by atoms with van der Waals surface area (Å²) in [6.07, 6.45) is 3.82. The highest BCUT2D eigenvalue weighted by molar-refractivity contribution is 5.76. The maximum absolute atomic E-state index is 10.4. The Labute approximate surface area is 75.0 Å². The summed E-state index contributed by atoms with van der Waals surface area (Å²) in [6.45, 7) is 0. The maximum atomic E-state index is 10.4.